The molecule has 0 bridgehead atoms. The van der Waals surface area contributed by atoms with Crippen LogP contribution in [0.5, 0.6) is 0 Å². The molecule has 0 saturated carbocycles. The summed E-state index contributed by atoms with van der Waals surface area (Å²) in [6, 6.07) is 14.3. The number of amides is 2. The van der Waals surface area contributed by atoms with E-state index in [4.69, 9.17) is 9.63 Å². The first-order valence-electron chi connectivity index (χ1n) is 12.2. The highest BCUT2D eigenvalue weighted by Gasteiger charge is 2.48. The number of nitrogens with one attached hydrogen (secondary N) is 1. The number of nitrogens with zero attached hydrogens (tertiary/aromatic N) is 2. The summed E-state index contributed by atoms with van der Waals surface area (Å²) in [6.07, 6.45) is 2.86. The fourth-order valence-electron chi connectivity index (χ4n) is 4.68. The summed E-state index contributed by atoms with van der Waals surface area (Å²) in [5, 5.41) is 26.6. The SMILES string of the molecule is CCC(CC)C1C(=C(O)c2ccc(C(=O)NCCO)cc2)C(=O)C(=O)N1c1ccc(-c2ccon2)cc1. The van der Waals surface area contributed by atoms with Crippen molar-refractivity contribution in [1.82, 2.24) is 10.5 Å². The Bertz CT molecular complexity index is 1290. The quantitative estimate of drug-likeness (QED) is 0.230. The molecule has 2 aromatic carbocycles. The van der Waals surface area contributed by atoms with Crippen molar-refractivity contribution in [3.05, 3.63) is 77.6 Å². The lowest BCUT2D eigenvalue weighted by molar-refractivity contribution is -0.132. The van der Waals surface area contributed by atoms with E-state index >= 15 is 0 Å². The topological polar surface area (TPSA) is 133 Å². The Morgan fingerprint density at radius 3 is 2.24 bits per heavy atom. The Morgan fingerprint density at radius 1 is 1.03 bits per heavy atom. The van der Waals surface area contributed by atoms with Crippen LogP contribution in [0.25, 0.3) is 17.0 Å². The maximum absolute atomic E-state index is 13.3. The summed E-state index contributed by atoms with van der Waals surface area (Å²) in [7, 11) is 0. The fourth-order valence-corrected chi connectivity index (χ4v) is 4.68. The Morgan fingerprint density at radius 2 is 1.68 bits per heavy atom. The van der Waals surface area contributed by atoms with E-state index in [0.29, 0.717) is 35.3 Å². The van der Waals surface area contributed by atoms with Gasteiger partial charge in [-0.05, 0) is 30.2 Å². The van der Waals surface area contributed by atoms with Gasteiger partial charge in [-0.15, -0.1) is 0 Å². The van der Waals surface area contributed by atoms with Gasteiger partial charge in [-0.2, -0.15) is 0 Å². The number of hydrogen-bond donors (Lipinski definition) is 3. The summed E-state index contributed by atoms with van der Waals surface area (Å²) in [6.45, 7) is 3.92. The molecule has 0 aliphatic carbocycles. The smallest absolute Gasteiger partial charge is 0.299 e. The van der Waals surface area contributed by atoms with Gasteiger partial charge in [0.1, 0.15) is 17.7 Å². The van der Waals surface area contributed by atoms with Crippen molar-refractivity contribution in [2.24, 2.45) is 5.92 Å². The van der Waals surface area contributed by atoms with Crippen molar-refractivity contribution >= 4 is 29.0 Å². The van der Waals surface area contributed by atoms with Gasteiger partial charge >= 0.3 is 0 Å². The summed E-state index contributed by atoms with van der Waals surface area (Å²) < 4.78 is 4.90. The first-order chi connectivity index (χ1) is 17.9. The highest BCUT2D eigenvalue weighted by Crippen LogP contribution is 2.39. The molecule has 0 radical (unpaired) electrons. The second kappa shape index (κ2) is 11.2. The Hall–Kier alpha value is -4.24. The average Bonchev–Trinajstić information content (AvgIpc) is 3.55. The van der Waals surface area contributed by atoms with Crippen molar-refractivity contribution in [1.29, 1.82) is 0 Å². The van der Waals surface area contributed by atoms with Crippen molar-refractivity contribution in [2.45, 2.75) is 32.7 Å². The van der Waals surface area contributed by atoms with E-state index in [1.807, 2.05) is 13.8 Å². The predicted octanol–water partition coefficient (Wildman–Crippen LogP) is 3.75. The van der Waals surface area contributed by atoms with Gasteiger partial charge in [0, 0.05) is 35.0 Å². The lowest BCUT2D eigenvalue weighted by Gasteiger charge is -2.31. The van der Waals surface area contributed by atoms with Crippen LogP contribution in [0.15, 0.2) is 71.0 Å². The fraction of sp³-hybridized carbons (Fsp3) is 0.286. The van der Waals surface area contributed by atoms with Crippen molar-refractivity contribution in [3.8, 4) is 11.3 Å². The van der Waals surface area contributed by atoms with E-state index in [0.717, 1.165) is 5.56 Å². The normalized spacial score (nSPS) is 17.0. The molecule has 1 unspecified atom stereocenters. The van der Waals surface area contributed by atoms with E-state index in [9.17, 15) is 19.5 Å². The molecule has 0 spiro atoms. The third-order valence-corrected chi connectivity index (χ3v) is 6.68. The van der Waals surface area contributed by atoms with Crippen LogP contribution in [-0.2, 0) is 9.59 Å². The molecule has 2 amide bonds. The van der Waals surface area contributed by atoms with Crippen LogP contribution < -0.4 is 10.2 Å². The number of carbonyl (C=O) groups excluding carboxylic acids is 3. The minimum atomic E-state index is -0.750. The van der Waals surface area contributed by atoms with E-state index in [-0.39, 0.29) is 36.3 Å². The van der Waals surface area contributed by atoms with Crippen molar-refractivity contribution in [3.63, 3.8) is 0 Å². The molecule has 2 heterocycles. The number of rotatable bonds is 9. The van der Waals surface area contributed by atoms with Gasteiger partial charge < -0.3 is 20.1 Å². The summed E-state index contributed by atoms with van der Waals surface area (Å²) in [5.41, 5.74) is 2.72. The molecule has 9 nitrogen and oxygen atoms in total. The van der Waals surface area contributed by atoms with Crippen LogP contribution in [-0.4, -0.2) is 52.2 Å². The molecule has 1 aliphatic heterocycles. The van der Waals surface area contributed by atoms with Crippen LogP contribution in [0.2, 0.25) is 0 Å². The van der Waals surface area contributed by atoms with E-state index < -0.39 is 17.7 Å². The molecule has 1 saturated heterocycles. The van der Waals surface area contributed by atoms with Crippen LogP contribution in [0.1, 0.15) is 42.6 Å². The molecule has 3 aromatic rings. The van der Waals surface area contributed by atoms with Gasteiger partial charge in [-0.1, -0.05) is 56.1 Å². The Labute approximate surface area is 214 Å². The van der Waals surface area contributed by atoms with Crippen molar-refractivity contribution in [2.75, 3.05) is 18.1 Å². The molecule has 4 rings (SSSR count). The molecule has 9 heteroatoms. The van der Waals surface area contributed by atoms with Gasteiger partial charge in [0.25, 0.3) is 17.6 Å². The number of carbonyl (C=O) groups is 3. The number of anilines is 1. The maximum Gasteiger partial charge on any atom is 0.299 e. The second-order valence-electron chi connectivity index (χ2n) is 8.78. The predicted molar refractivity (Wildman–Crippen MR) is 138 cm³/mol. The largest absolute Gasteiger partial charge is 0.507 e. The Balaban J connectivity index is 1.73. The molecular formula is C28H29N3O6. The van der Waals surface area contributed by atoms with Gasteiger partial charge in [-0.25, -0.2) is 0 Å². The second-order valence-corrected chi connectivity index (χ2v) is 8.78. The molecule has 3 N–H and O–H groups in total. The molecule has 192 valence electrons. The minimum absolute atomic E-state index is 0.0526. The first-order valence-corrected chi connectivity index (χ1v) is 12.2. The maximum atomic E-state index is 13.3. The van der Waals surface area contributed by atoms with Crippen LogP contribution in [0.3, 0.4) is 0 Å². The summed E-state index contributed by atoms with van der Waals surface area (Å²) >= 11 is 0. The van der Waals surface area contributed by atoms with Crippen LogP contribution in [0.4, 0.5) is 5.69 Å². The van der Waals surface area contributed by atoms with E-state index in [1.165, 1.54) is 35.4 Å². The number of aromatic nitrogens is 1. The van der Waals surface area contributed by atoms with E-state index in [2.05, 4.69) is 10.5 Å². The summed E-state index contributed by atoms with van der Waals surface area (Å²) in [4.78, 5) is 40.2. The zero-order valence-corrected chi connectivity index (χ0v) is 20.7. The van der Waals surface area contributed by atoms with Crippen LogP contribution in [0, 0.1) is 5.92 Å². The average molecular weight is 504 g/mol. The number of aliphatic hydroxyl groups is 2. The van der Waals surface area contributed by atoms with Gasteiger partial charge in [0.15, 0.2) is 0 Å². The van der Waals surface area contributed by atoms with Gasteiger partial charge in [-0.3, -0.25) is 19.3 Å². The molecule has 1 aliphatic rings. The Kier molecular flexibility index (Phi) is 7.83. The number of hydrogen-bond acceptors (Lipinski definition) is 7. The van der Waals surface area contributed by atoms with Crippen molar-refractivity contribution < 1.29 is 29.1 Å². The summed E-state index contributed by atoms with van der Waals surface area (Å²) in [5.74, 6) is -2.17. The standard InChI is InChI=1S/C28H29N3O6/c1-3-17(4-2)24-23(25(33)19-5-7-20(8-6-19)27(35)29-14-15-32)26(34)28(36)31(24)21-11-9-18(10-12-21)22-13-16-37-30-22/h5-13,16-17,24,32-33H,3-4,14-15H2,1-2H3,(H,29,35). The lowest BCUT2D eigenvalue weighted by atomic mass is 9.87. The molecule has 1 fully saturated rings. The third kappa shape index (κ3) is 5.03. The zero-order chi connectivity index (χ0) is 26.5. The van der Waals surface area contributed by atoms with Gasteiger partial charge in [0.05, 0.1) is 18.2 Å². The van der Waals surface area contributed by atoms with E-state index in [1.54, 1.807) is 30.3 Å². The molecular weight excluding hydrogens is 474 g/mol. The zero-order valence-electron chi connectivity index (χ0n) is 20.7. The third-order valence-electron chi connectivity index (χ3n) is 6.68. The van der Waals surface area contributed by atoms with Gasteiger partial charge in [0.2, 0.25) is 0 Å². The molecule has 37 heavy (non-hydrogen) atoms. The number of aliphatic hydroxyl groups excluding tert-OH is 2. The molecule has 1 aromatic heterocycles. The minimum Gasteiger partial charge on any atom is -0.507 e. The monoisotopic (exact) mass is 503 g/mol. The number of benzene rings is 2. The highest BCUT2D eigenvalue weighted by molar-refractivity contribution is 6.51. The van der Waals surface area contributed by atoms with Crippen LogP contribution >= 0.6 is 0 Å². The number of Topliss-reactive ketones (excluding diaryl/α,β-unsaturated/α-hetero) is 1. The highest BCUT2D eigenvalue weighted by atomic mass is 16.5. The molecule has 1 atom stereocenters. The number of ketones is 1. The lowest BCUT2D eigenvalue weighted by Crippen LogP contribution is -2.39. The first kappa shape index (κ1) is 25.8.